The number of carbonyl (C=O) groups excluding carboxylic acids is 1. The second kappa shape index (κ2) is 9.18. The van der Waals surface area contributed by atoms with Crippen molar-refractivity contribution < 1.29 is 18.3 Å². The van der Waals surface area contributed by atoms with Crippen LogP contribution in [-0.4, -0.2) is 26.5 Å². The molecular weight excluding hydrogens is 388 g/mol. The third-order valence-corrected chi connectivity index (χ3v) is 4.64. The number of nitrogens with two attached hydrogens (primary N) is 1. The summed E-state index contributed by atoms with van der Waals surface area (Å²) in [6.07, 6.45) is 0. The van der Waals surface area contributed by atoms with Gasteiger partial charge in [0.2, 0.25) is 11.1 Å². The van der Waals surface area contributed by atoms with Crippen LogP contribution in [0.1, 0.15) is 11.4 Å². The van der Waals surface area contributed by atoms with E-state index < -0.39 is 5.82 Å². The topological polar surface area (TPSA) is 95.1 Å². The normalized spacial score (nSPS) is 10.6. The van der Waals surface area contributed by atoms with E-state index in [1.807, 2.05) is 0 Å². The van der Waals surface area contributed by atoms with E-state index in [0.717, 1.165) is 11.8 Å². The summed E-state index contributed by atoms with van der Waals surface area (Å²) in [6, 6.07) is 12.2. The quantitative estimate of drug-likeness (QED) is 0.441. The van der Waals surface area contributed by atoms with Crippen molar-refractivity contribution in [2.45, 2.75) is 18.3 Å². The van der Waals surface area contributed by atoms with Gasteiger partial charge in [0.1, 0.15) is 12.4 Å². The molecule has 3 N–H and O–H groups in total. The predicted molar refractivity (Wildman–Crippen MR) is 99.9 cm³/mol. The van der Waals surface area contributed by atoms with Crippen molar-refractivity contribution in [3.05, 3.63) is 71.6 Å². The number of amides is 1. The average Bonchev–Trinajstić information content (AvgIpc) is 3.05. The van der Waals surface area contributed by atoms with Crippen LogP contribution in [0, 0.1) is 11.6 Å². The molecule has 0 fully saturated rings. The van der Waals surface area contributed by atoms with Crippen LogP contribution in [0.3, 0.4) is 0 Å². The predicted octanol–water partition coefficient (Wildman–Crippen LogP) is 2.26. The van der Waals surface area contributed by atoms with E-state index in [-0.39, 0.29) is 42.2 Å². The Labute approximate surface area is 163 Å². The van der Waals surface area contributed by atoms with E-state index in [1.165, 1.54) is 22.9 Å². The molecule has 2 aromatic carbocycles. The first-order valence-corrected chi connectivity index (χ1v) is 9.22. The van der Waals surface area contributed by atoms with E-state index in [0.29, 0.717) is 10.7 Å². The lowest BCUT2D eigenvalue weighted by atomic mass is 10.2. The van der Waals surface area contributed by atoms with Crippen molar-refractivity contribution in [2.75, 3.05) is 11.6 Å². The van der Waals surface area contributed by atoms with Gasteiger partial charge in [-0.15, -0.1) is 10.2 Å². The molecule has 0 atom stereocenters. The first-order chi connectivity index (χ1) is 13.5. The molecule has 3 rings (SSSR count). The number of hydrogen-bond acceptors (Lipinski definition) is 6. The molecule has 3 aromatic rings. The number of nitrogen functional groups attached to an aromatic ring is 1. The van der Waals surface area contributed by atoms with Crippen molar-refractivity contribution in [1.82, 2.24) is 20.2 Å². The van der Waals surface area contributed by atoms with Crippen LogP contribution in [-0.2, 0) is 17.9 Å². The average molecular weight is 405 g/mol. The minimum absolute atomic E-state index is 0.0258. The van der Waals surface area contributed by atoms with Crippen LogP contribution in [0.2, 0.25) is 0 Å². The van der Waals surface area contributed by atoms with Gasteiger partial charge in [-0.25, -0.2) is 13.5 Å². The Bertz CT molecular complexity index is 967. The minimum atomic E-state index is -0.494. The number of benzene rings is 2. The zero-order valence-corrected chi connectivity index (χ0v) is 15.5. The van der Waals surface area contributed by atoms with Gasteiger partial charge in [-0.05, 0) is 18.2 Å². The molecule has 28 heavy (non-hydrogen) atoms. The number of nitrogens with zero attached hydrogens (tertiary/aromatic N) is 3. The summed E-state index contributed by atoms with van der Waals surface area (Å²) in [7, 11) is 0. The summed E-state index contributed by atoms with van der Waals surface area (Å²) in [4.78, 5) is 11.9. The van der Waals surface area contributed by atoms with Crippen LogP contribution in [0.15, 0.2) is 53.7 Å². The lowest BCUT2D eigenvalue weighted by Crippen LogP contribution is -2.25. The molecule has 0 aliphatic carbocycles. The molecule has 0 unspecified atom stereocenters. The van der Waals surface area contributed by atoms with E-state index >= 15 is 0 Å². The Hall–Kier alpha value is -3.14. The number of aromatic nitrogens is 3. The highest BCUT2D eigenvalue weighted by Gasteiger charge is 2.14. The molecule has 0 radical (unpaired) electrons. The standard InChI is InChI=1S/C18H17F2N5O2S/c19-13-6-2-1-5-12(13)9-22-17(26)11-28-18-24-23-16(25(18)21)10-27-15-8-4-3-7-14(15)20/h1-8H,9-11,21H2,(H,22,26). The highest BCUT2D eigenvalue weighted by atomic mass is 32.2. The molecule has 1 amide bonds. The fraction of sp³-hybridized carbons (Fsp3) is 0.167. The summed E-state index contributed by atoms with van der Waals surface area (Å²) >= 11 is 1.07. The second-order valence-electron chi connectivity index (χ2n) is 5.64. The molecule has 1 heterocycles. The lowest BCUT2D eigenvalue weighted by Gasteiger charge is -2.07. The van der Waals surface area contributed by atoms with Crippen molar-refractivity contribution in [3.8, 4) is 5.75 Å². The maximum absolute atomic E-state index is 13.6. The molecule has 146 valence electrons. The molecule has 0 aliphatic rings. The SMILES string of the molecule is Nn1c(COc2ccccc2F)nnc1SCC(=O)NCc1ccccc1F. The fourth-order valence-electron chi connectivity index (χ4n) is 2.22. The van der Waals surface area contributed by atoms with E-state index in [9.17, 15) is 13.6 Å². The zero-order valence-electron chi connectivity index (χ0n) is 14.6. The van der Waals surface area contributed by atoms with Crippen LogP contribution < -0.4 is 15.9 Å². The summed E-state index contributed by atoms with van der Waals surface area (Å²) in [5, 5.41) is 10.7. The van der Waals surface area contributed by atoms with Crippen LogP contribution in [0.4, 0.5) is 8.78 Å². The zero-order chi connectivity index (χ0) is 19.9. The van der Waals surface area contributed by atoms with Gasteiger partial charge in [0.25, 0.3) is 0 Å². The largest absolute Gasteiger partial charge is 0.482 e. The Balaban J connectivity index is 1.49. The smallest absolute Gasteiger partial charge is 0.230 e. The third-order valence-electron chi connectivity index (χ3n) is 3.69. The Morgan fingerprint density at radius 1 is 1.11 bits per heavy atom. The van der Waals surface area contributed by atoms with Gasteiger partial charge in [0.05, 0.1) is 5.75 Å². The number of nitrogens with one attached hydrogen (secondary N) is 1. The third kappa shape index (κ3) is 4.97. The number of carbonyl (C=O) groups is 1. The lowest BCUT2D eigenvalue weighted by molar-refractivity contribution is -0.118. The number of para-hydroxylation sites is 1. The number of halogens is 2. The highest BCUT2D eigenvalue weighted by molar-refractivity contribution is 7.99. The van der Waals surface area contributed by atoms with Crippen LogP contribution in [0.5, 0.6) is 5.75 Å². The number of ether oxygens (including phenoxy) is 1. The Morgan fingerprint density at radius 2 is 1.82 bits per heavy atom. The highest BCUT2D eigenvalue weighted by Crippen LogP contribution is 2.18. The molecule has 7 nitrogen and oxygen atoms in total. The molecule has 0 saturated heterocycles. The van der Waals surface area contributed by atoms with E-state index in [4.69, 9.17) is 10.6 Å². The molecule has 1 aromatic heterocycles. The van der Waals surface area contributed by atoms with Gasteiger partial charge in [-0.3, -0.25) is 4.79 Å². The van der Waals surface area contributed by atoms with Crippen LogP contribution >= 0.6 is 11.8 Å². The summed E-state index contributed by atoms with van der Waals surface area (Å²) in [5.41, 5.74) is 0.399. The van der Waals surface area contributed by atoms with Crippen molar-refractivity contribution in [1.29, 1.82) is 0 Å². The van der Waals surface area contributed by atoms with Gasteiger partial charge >= 0.3 is 0 Å². The fourth-order valence-corrected chi connectivity index (χ4v) is 2.93. The minimum Gasteiger partial charge on any atom is -0.482 e. The Morgan fingerprint density at radius 3 is 2.57 bits per heavy atom. The number of thioether (sulfide) groups is 1. The first-order valence-electron chi connectivity index (χ1n) is 8.24. The number of hydrogen-bond donors (Lipinski definition) is 2. The monoisotopic (exact) mass is 405 g/mol. The van der Waals surface area contributed by atoms with Gasteiger partial charge in [0.15, 0.2) is 17.4 Å². The molecule has 0 spiro atoms. The van der Waals surface area contributed by atoms with Crippen LogP contribution in [0.25, 0.3) is 0 Å². The summed E-state index contributed by atoms with van der Waals surface area (Å²) in [6.45, 7) is 0.00753. The maximum atomic E-state index is 13.6. The van der Waals surface area contributed by atoms with Gasteiger partial charge < -0.3 is 15.9 Å². The Kier molecular flexibility index (Phi) is 6.43. The van der Waals surface area contributed by atoms with E-state index in [1.54, 1.807) is 30.3 Å². The molecule has 0 aliphatic heterocycles. The summed E-state index contributed by atoms with van der Waals surface area (Å²) in [5.74, 6) is 5.09. The number of rotatable bonds is 8. The van der Waals surface area contributed by atoms with Crippen molar-refractivity contribution in [3.63, 3.8) is 0 Å². The molecular formula is C18H17F2N5O2S. The second-order valence-corrected chi connectivity index (χ2v) is 6.59. The maximum Gasteiger partial charge on any atom is 0.230 e. The van der Waals surface area contributed by atoms with E-state index in [2.05, 4.69) is 15.5 Å². The first kappa shape index (κ1) is 19.6. The van der Waals surface area contributed by atoms with Gasteiger partial charge in [-0.2, -0.15) is 0 Å². The van der Waals surface area contributed by atoms with Gasteiger partial charge in [-0.1, -0.05) is 42.1 Å². The summed E-state index contributed by atoms with van der Waals surface area (Å²) < 4.78 is 33.6. The molecule has 10 heteroatoms. The van der Waals surface area contributed by atoms with Crippen molar-refractivity contribution >= 4 is 17.7 Å². The molecule has 0 saturated carbocycles. The van der Waals surface area contributed by atoms with Gasteiger partial charge in [0, 0.05) is 12.1 Å². The van der Waals surface area contributed by atoms with Crippen molar-refractivity contribution in [2.24, 2.45) is 0 Å². The molecule has 0 bridgehead atoms.